The number of carbonyl (C=O) groups excluding carboxylic acids is 1. The third kappa shape index (κ3) is 2.59. The zero-order chi connectivity index (χ0) is 18.3. The number of rotatable bonds is 2. The minimum atomic E-state index is -1.06. The van der Waals surface area contributed by atoms with Crippen LogP contribution in [0, 0.1) is 0 Å². The predicted molar refractivity (Wildman–Crippen MR) is 96.4 cm³/mol. The van der Waals surface area contributed by atoms with Crippen molar-refractivity contribution in [2.24, 2.45) is 0 Å². The second-order valence-corrected chi connectivity index (χ2v) is 6.91. The van der Waals surface area contributed by atoms with Crippen LogP contribution in [0.1, 0.15) is 17.5 Å². The third-order valence-electron chi connectivity index (χ3n) is 4.39. The molecule has 1 aliphatic heterocycles. The average molecular weight is 369 g/mol. The Labute approximate surface area is 152 Å². The Balaban J connectivity index is 1.91. The summed E-state index contributed by atoms with van der Waals surface area (Å²) in [5.74, 6) is -0.242. The Kier molecular flexibility index (Phi) is 3.86. The number of hydrogen-bond acceptors (Lipinski definition) is 5. The van der Waals surface area contributed by atoms with E-state index in [0.29, 0.717) is 16.9 Å². The second-order valence-electron chi connectivity index (χ2n) is 6.01. The highest BCUT2D eigenvalue weighted by Crippen LogP contribution is 2.41. The number of carbonyl (C=O) groups is 2. The van der Waals surface area contributed by atoms with Crippen molar-refractivity contribution >= 4 is 29.0 Å². The normalized spacial score (nSPS) is 19.5. The molecule has 7 nitrogen and oxygen atoms in total. The Morgan fingerprint density at radius 1 is 1.42 bits per heavy atom. The van der Waals surface area contributed by atoms with Gasteiger partial charge < -0.3 is 15.2 Å². The summed E-state index contributed by atoms with van der Waals surface area (Å²) in [6, 6.07) is 8.79. The van der Waals surface area contributed by atoms with Crippen molar-refractivity contribution in [3.8, 4) is 11.3 Å². The van der Waals surface area contributed by atoms with E-state index < -0.39 is 11.7 Å². The number of nitrogens with zero attached hydrogens (tertiary/aromatic N) is 2. The third-order valence-corrected chi connectivity index (χ3v) is 5.37. The quantitative estimate of drug-likeness (QED) is 0.722. The fraction of sp³-hybridized carbons (Fsp3) is 0.167. The van der Waals surface area contributed by atoms with Crippen LogP contribution in [0.3, 0.4) is 0 Å². The van der Waals surface area contributed by atoms with E-state index in [4.69, 9.17) is 4.74 Å². The number of nitrogens with one attached hydrogen (secondary N) is 1. The molecule has 1 atom stereocenters. The Morgan fingerprint density at radius 3 is 3.00 bits per heavy atom. The molecule has 0 bridgehead atoms. The van der Waals surface area contributed by atoms with E-state index in [0.717, 1.165) is 15.1 Å². The first-order chi connectivity index (χ1) is 12.5. The van der Waals surface area contributed by atoms with Crippen LogP contribution in [0.25, 0.3) is 11.3 Å². The lowest BCUT2D eigenvalue weighted by molar-refractivity contribution is -0.124. The molecular formula is C18H15N3O4S. The average Bonchev–Trinajstić information content (AvgIpc) is 3.30. The van der Waals surface area contributed by atoms with Crippen LogP contribution in [0.2, 0.25) is 0 Å². The number of carboxylic acid groups (broad SMARTS) is 1. The Bertz CT molecular complexity index is 996. The lowest BCUT2D eigenvalue weighted by Gasteiger charge is -2.27. The van der Waals surface area contributed by atoms with Gasteiger partial charge >= 0.3 is 6.09 Å². The molecule has 132 valence electrons. The Morgan fingerprint density at radius 2 is 2.27 bits per heavy atom. The molecule has 26 heavy (non-hydrogen) atoms. The maximum absolute atomic E-state index is 12.0. The van der Waals surface area contributed by atoms with Gasteiger partial charge in [0.2, 0.25) is 5.91 Å². The van der Waals surface area contributed by atoms with Crippen molar-refractivity contribution in [2.75, 3.05) is 11.9 Å². The van der Waals surface area contributed by atoms with Crippen molar-refractivity contribution < 1.29 is 19.4 Å². The summed E-state index contributed by atoms with van der Waals surface area (Å²) in [6.07, 6.45) is 2.11. The molecule has 8 heteroatoms. The van der Waals surface area contributed by atoms with Crippen molar-refractivity contribution in [3.05, 3.63) is 58.7 Å². The number of ether oxygens (including phenoxy) is 1. The van der Waals surface area contributed by atoms with Crippen LogP contribution in [0.15, 0.2) is 48.1 Å². The lowest BCUT2D eigenvalue weighted by Crippen LogP contribution is -2.28. The van der Waals surface area contributed by atoms with Gasteiger partial charge in [0.1, 0.15) is 17.2 Å². The number of amides is 1. The van der Waals surface area contributed by atoms with Gasteiger partial charge in [-0.1, -0.05) is 6.07 Å². The van der Waals surface area contributed by atoms with Crippen molar-refractivity contribution in [1.82, 2.24) is 9.55 Å². The van der Waals surface area contributed by atoms with Gasteiger partial charge in [-0.3, -0.25) is 9.36 Å². The van der Waals surface area contributed by atoms with E-state index >= 15 is 0 Å². The summed E-state index contributed by atoms with van der Waals surface area (Å²) < 4.78 is 7.09. The zero-order valence-corrected chi connectivity index (χ0v) is 14.6. The largest absolute Gasteiger partial charge is 0.464 e. The second kappa shape index (κ2) is 6.08. The van der Waals surface area contributed by atoms with Gasteiger partial charge in [0.05, 0.1) is 5.69 Å². The van der Waals surface area contributed by atoms with E-state index in [1.807, 2.05) is 18.4 Å². The number of hydrogen-bond donors (Lipinski definition) is 2. The lowest BCUT2D eigenvalue weighted by atomic mass is 9.92. The summed E-state index contributed by atoms with van der Waals surface area (Å²) in [5.41, 5.74) is 1.69. The van der Waals surface area contributed by atoms with Crippen LogP contribution in [-0.4, -0.2) is 33.3 Å². The van der Waals surface area contributed by atoms with E-state index in [-0.39, 0.29) is 12.5 Å². The fourth-order valence-electron chi connectivity index (χ4n) is 3.10. The summed E-state index contributed by atoms with van der Waals surface area (Å²) >= 11 is 1.44. The highest BCUT2D eigenvalue weighted by molar-refractivity contribution is 7.09. The van der Waals surface area contributed by atoms with Crippen LogP contribution in [0.5, 0.6) is 0 Å². The first-order valence-electron chi connectivity index (χ1n) is 7.88. The minimum Gasteiger partial charge on any atom is -0.464 e. The van der Waals surface area contributed by atoms with Gasteiger partial charge in [-0.05, 0) is 36.8 Å². The van der Waals surface area contributed by atoms with Crippen LogP contribution >= 0.6 is 11.3 Å². The van der Waals surface area contributed by atoms with E-state index in [1.54, 1.807) is 30.5 Å². The summed E-state index contributed by atoms with van der Waals surface area (Å²) in [5, 5.41) is 14.8. The maximum Gasteiger partial charge on any atom is 0.415 e. The molecule has 0 radical (unpaired) electrons. The van der Waals surface area contributed by atoms with Crippen molar-refractivity contribution in [1.29, 1.82) is 0 Å². The molecule has 3 heterocycles. The van der Waals surface area contributed by atoms with Gasteiger partial charge in [0, 0.05) is 29.0 Å². The molecule has 1 unspecified atom stereocenters. The van der Waals surface area contributed by atoms with E-state index in [1.165, 1.54) is 17.5 Å². The fourth-order valence-corrected chi connectivity index (χ4v) is 3.87. The first kappa shape index (κ1) is 16.5. The highest BCUT2D eigenvalue weighted by atomic mass is 32.1. The van der Waals surface area contributed by atoms with Gasteiger partial charge in [-0.2, -0.15) is 0 Å². The van der Waals surface area contributed by atoms with E-state index in [2.05, 4.69) is 10.3 Å². The van der Waals surface area contributed by atoms with Gasteiger partial charge in [-0.15, -0.1) is 11.3 Å². The number of fused-ring (bicyclic) bond motifs is 1. The van der Waals surface area contributed by atoms with Crippen LogP contribution in [-0.2, 0) is 15.1 Å². The SMILES string of the molecule is CC1(c2nccs2)OCC(=O)Nc2ccc(-c3cccn3C(=O)O)cc21. The predicted octanol–water partition coefficient (Wildman–Crippen LogP) is 3.37. The smallest absolute Gasteiger partial charge is 0.415 e. The van der Waals surface area contributed by atoms with Gasteiger partial charge in [0.15, 0.2) is 0 Å². The zero-order valence-electron chi connectivity index (χ0n) is 13.8. The minimum absolute atomic E-state index is 0.0917. The van der Waals surface area contributed by atoms with E-state index in [9.17, 15) is 14.7 Å². The summed E-state index contributed by atoms with van der Waals surface area (Å²) in [4.78, 5) is 27.8. The highest BCUT2D eigenvalue weighted by Gasteiger charge is 2.38. The maximum atomic E-state index is 12.0. The molecule has 0 spiro atoms. The molecule has 0 saturated heterocycles. The van der Waals surface area contributed by atoms with Gasteiger partial charge in [-0.25, -0.2) is 9.78 Å². The number of aromatic nitrogens is 2. The number of benzene rings is 1. The van der Waals surface area contributed by atoms with Crippen molar-refractivity contribution in [2.45, 2.75) is 12.5 Å². The molecular weight excluding hydrogens is 354 g/mol. The molecule has 0 aliphatic carbocycles. The molecule has 0 fully saturated rings. The molecule has 1 aromatic carbocycles. The van der Waals surface area contributed by atoms with Crippen LogP contribution < -0.4 is 5.32 Å². The monoisotopic (exact) mass is 369 g/mol. The topological polar surface area (TPSA) is 93.5 Å². The number of anilines is 1. The Hall–Kier alpha value is -2.97. The van der Waals surface area contributed by atoms with Gasteiger partial charge in [0.25, 0.3) is 0 Å². The standard InChI is InChI=1S/C18H15N3O4S/c1-18(16-19-6-8-26-16)12-9-11(14-3-2-7-21(14)17(23)24)4-5-13(12)20-15(22)10-25-18/h2-9H,10H2,1H3,(H,20,22)(H,23,24). The molecule has 2 N–H and O–H groups in total. The van der Waals surface area contributed by atoms with Crippen LogP contribution in [0.4, 0.5) is 10.5 Å². The summed E-state index contributed by atoms with van der Waals surface area (Å²) in [6.45, 7) is 1.77. The van der Waals surface area contributed by atoms with Crippen molar-refractivity contribution in [3.63, 3.8) is 0 Å². The molecule has 1 amide bonds. The molecule has 1 aliphatic rings. The molecule has 0 saturated carbocycles. The first-order valence-corrected chi connectivity index (χ1v) is 8.76. The summed E-state index contributed by atoms with van der Waals surface area (Å²) in [7, 11) is 0. The molecule has 3 aromatic rings. The molecule has 4 rings (SSSR count). The molecule has 2 aromatic heterocycles. The number of thiazole rings is 1.